The van der Waals surface area contributed by atoms with Crippen molar-refractivity contribution < 1.29 is 21.6 Å². The molecule has 152 valence electrons. The van der Waals surface area contributed by atoms with Gasteiger partial charge in [-0.2, -0.15) is 13.2 Å². The van der Waals surface area contributed by atoms with Gasteiger partial charge in [0.05, 0.1) is 6.54 Å². The molecule has 0 saturated heterocycles. The highest BCUT2D eigenvalue weighted by Gasteiger charge is 2.33. The Morgan fingerprint density at radius 3 is 2.56 bits per heavy atom. The van der Waals surface area contributed by atoms with Crippen LogP contribution < -0.4 is 15.4 Å². The van der Waals surface area contributed by atoms with Crippen molar-refractivity contribution in [2.75, 3.05) is 20.1 Å². The molecule has 0 aliphatic heterocycles. The van der Waals surface area contributed by atoms with Gasteiger partial charge in [-0.05, 0) is 11.4 Å². The van der Waals surface area contributed by atoms with Crippen molar-refractivity contribution in [1.82, 2.24) is 20.3 Å². The third-order valence-electron chi connectivity index (χ3n) is 2.94. The molecule has 2 aromatic heterocycles. The maximum Gasteiger partial charge on any atom is 0.434 e. The van der Waals surface area contributed by atoms with Crippen molar-refractivity contribution in [2.24, 2.45) is 4.99 Å². The monoisotopic (exact) mass is 555 g/mol. The van der Waals surface area contributed by atoms with E-state index >= 15 is 0 Å². The van der Waals surface area contributed by atoms with Crippen molar-refractivity contribution in [3.63, 3.8) is 0 Å². The molecule has 0 unspecified atom stereocenters. The summed E-state index contributed by atoms with van der Waals surface area (Å²) in [6, 6.07) is 3.15. The maximum absolute atomic E-state index is 12.5. The Hall–Kier alpha value is -0.970. The predicted octanol–water partition coefficient (Wildman–Crippen LogP) is 2.48. The molecule has 7 nitrogen and oxygen atoms in total. The van der Waals surface area contributed by atoms with Crippen molar-refractivity contribution in [1.29, 1.82) is 0 Å². The molecule has 0 amide bonds. The number of aliphatic imine (C=N–C) groups is 1. The molecular weight excluding hydrogens is 538 g/mol. The molecule has 2 heterocycles. The molecule has 0 aliphatic carbocycles. The molecule has 0 radical (unpaired) electrons. The number of rotatable bonds is 7. The number of thiophene rings is 1. The largest absolute Gasteiger partial charge is 0.434 e. The summed E-state index contributed by atoms with van der Waals surface area (Å²) in [4.78, 5) is 7.42. The SMILES string of the molecule is CN=C(NCCNS(=O)(=O)c1cccs1)NCc1nc(C(F)(F)F)cs1.I. The van der Waals surface area contributed by atoms with Crippen LogP contribution in [0.3, 0.4) is 0 Å². The maximum atomic E-state index is 12.5. The molecule has 2 aromatic rings. The van der Waals surface area contributed by atoms with E-state index in [1.807, 2.05) is 0 Å². The summed E-state index contributed by atoms with van der Waals surface area (Å²) in [5.41, 5.74) is -0.926. The number of hydrogen-bond acceptors (Lipinski definition) is 6. The summed E-state index contributed by atoms with van der Waals surface area (Å²) >= 11 is 2.01. The second kappa shape index (κ2) is 10.5. The van der Waals surface area contributed by atoms with E-state index in [9.17, 15) is 21.6 Å². The van der Waals surface area contributed by atoms with Crippen LogP contribution in [0.15, 0.2) is 32.1 Å². The molecular formula is C13H17F3IN5O2S3. The Morgan fingerprint density at radius 1 is 1.26 bits per heavy atom. The predicted molar refractivity (Wildman–Crippen MR) is 110 cm³/mol. The number of halogens is 4. The molecule has 0 spiro atoms. The van der Waals surface area contributed by atoms with Gasteiger partial charge in [-0.25, -0.2) is 18.1 Å². The van der Waals surface area contributed by atoms with Crippen LogP contribution >= 0.6 is 46.7 Å². The summed E-state index contributed by atoms with van der Waals surface area (Å²) in [6.07, 6.45) is -4.46. The van der Waals surface area contributed by atoms with Crippen LogP contribution in [0.4, 0.5) is 13.2 Å². The van der Waals surface area contributed by atoms with E-state index in [0.29, 0.717) is 5.96 Å². The standard InChI is InChI=1S/C13H16F3N5O2S3.HI/c1-17-12(19-7-10-21-9(8-25-10)13(14,15)16)18-4-5-20-26(22,23)11-3-2-6-24-11;/h2-3,6,8,20H,4-5,7H2,1H3,(H2,17,18,19);1H. The zero-order chi connectivity index (χ0) is 19.2. The normalized spacial score (nSPS) is 12.5. The molecule has 0 atom stereocenters. The van der Waals surface area contributed by atoms with Crippen LogP contribution in [0.5, 0.6) is 0 Å². The Morgan fingerprint density at radius 2 is 2.00 bits per heavy atom. The molecule has 0 aliphatic rings. The highest BCUT2D eigenvalue weighted by Crippen LogP contribution is 2.29. The molecule has 0 bridgehead atoms. The Balaban J connectivity index is 0.00000364. The first-order valence-corrected chi connectivity index (χ1v) is 10.5. The third kappa shape index (κ3) is 7.52. The van der Waals surface area contributed by atoms with Crippen molar-refractivity contribution in [2.45, 2.75) is 16.9 Å². The van der Waals surface area contributed by atoms with Crippen molar-refractivity contribution in [3.05, 3.63) is 33.6 Å². The van der Waals surface area contributed by atoms with Crippen molar-refractivity contribution in [3.8, 4) is 0 Å². The second-order valence-electron chi connectivity index (χ2n) is 4.81. The van der Waals surface area contributed by atoms with Crippen LogP contribution in [0.1, 0.15) is 10.7 Å². The average molecular weight is 555 g/mol. The van der Waals surface area contributed by atoms with E-state index in [0.717, 1.165) is 28.1 Å². The van der Waals surface area contributed by atoms with Crippen molar-refractivity contribution >= 4 is 62.6 Å². The number of nitrogens with zero attached hydrogens (tertiary/aromatic N) is 2. The van der Waals surface area contributed by atoms with E-state index < -0.39 is 21.9 Å². The molecule has 0 fully saturated rings. The van der Waals surface area contributed by atoms with Gasteiger partial charge in [0.1, 0.15) is 9.22 Å². The van der Waals surface area contributed by atoms with Gasteiger partial charge in [0.2, 0.25) is 10.0 Å². The van der Waals surface area contributed by atoms with Gasteiger partial charge in [0, 0.05) is 25.5 Å². The number of sulfonamides is 1. The minimum atomic E-state index is -4.46. The lowest BCUT2D eigenvalue weighted by Crippen LogP contribution is -2.41. The van der Waals surface area contributed by atoms with Crippen LogP contribution in [0, 0.1) is 0 Å². The van der Waals surface area contributed by atoms with E-state index in [1.54, 1.807) is 11.4 Å². The van der Waals surface area contributed by atoms with Crippen LogP contribution in [-0.2, 0) is 22.7 Å². The molecule has 3 N–H and O–H groups in total. The topological polar surface area (TPSA) is 95.5 Å². The van der Waals surface area contributed by atoms with Crippen LogP contribution in [-0.4, -0.2) is 39.5 Å². The fraction of sp³-hybridized carbons (Fsp3) is 0.385. The second-order valence-corrected chi connectivity index (χ2v) is 8.69. The van der Waals surface area contributed by atoms with Gasteiger partial charge < -0.3 is 10.6 Å². The first-order chi connectivity index (χ1) is 12.2. The minimum Gasteiger partial charge on any atom is -0.355 e. The fourth-order valence-corrected chi connectivity index (χ4v) is 4.57. The minimum absolute atomic E-state index is 0. The molecule has 0 aromatic carbocycles. The summed E-state index contributed by atoms with van der Waals surface area (Å²) in [5, 5.41) is 8.57. The average Bonchev–Trinajstić information content (AvgIpc) is 3.25. The van der Waals surface area contributed by atoms with Gasteiger partial charge in [0.15, 0.2) is 11.7 Å². The lowest BCUT2D eigenvalue weighted by molar-refractivity contribution is -0.140. The first kappa shape index (κ1) is 24.1. The first-order valence-electron chi connectivity index (χ1n) is 7.21. The number of hydrogen-bond donors (Lipinski definition) is 3. The lowest BCUT2D eigenvalue weighted by atomic mass is 10.5. The van der Waals surface area contributed by atoms with Gasteiger partial charge >= 0.3 is 6.18 Å². The highest BCUT2D eigenvalue weighted by atomic mass is 127. The van der Waals surface area contributed by atoms with Gasteiger partial charge in [-0.15, -0.1) is 46.7 Å². The highest BCUT2D eigenvalue weighted by molar-refractivity contribution is 14.0. The fourth-order valence-electron chi connectivity index (χ4n) is 1.76. The lowest BCUT2D eigenvalue weighted by Gasteiger charge is -2.11. The number of thiazole rings is 1. The zero-order valence-corrected chi connectivity index (χ0v) is 18.7. The zero-order valence-electron chi connectivity index (χ0n) is 13.9. The van der Waals surface area contributed by atoms with E-state index in [-0.39, 0.29) is 52.8 Å². The number of nitrogens with one attached hydrogen (secondary N) is 3. The molecule has 27 heavy (non-hydrogen) atoms. The smallest absolute Gasteiger partial charge is 0.355 e. The number of alkyl halides is 3. The van der Waals surface area contributed by atoms with Gasteiger partial charge in [-0.1, -0.05) is 6.07 Å². The number of guanidine groups is 1. The van der Waals surface area contributed by atoms with E-state index in [4.69, 9.17) is 0 Å². The Kier molecular flexibility index (Phi) is 9.40. The van der Waals surface area contributed by atoms with E-state index in [1.165, 1.54) is 13.1 Å². The van der Waals surface area contributed by atoms with E-state index in [2.05, 4.69) is 25.3 Å². The summed E-state index contributed by atoms with van der Waals surface area (Å²) < 4.78 is 64.0. The van der Waals surface area contributed by atoms with Crippen LogP contribution in [0.2, 0.25) is 0 Å². The summed E-state index contributed by atoms with van der Waals surface area (Å²) in [7, 11) is -2.04. The summed E-state index contributed by atoms with van der Waals surface area (Å²) in [6.45, 7) is 0.438. The quantitative estimate of drug-likeness (QED) is 0.211. The Bertz CT molecular complexity index is 838. The van der Waals surface area contributed by atoms with Crippen LogP contribution in [0.25, 0.3) is 0 Å². The summed E-state index contributed by atoms with van der Waals surface area (Å²) in [5.74, 6) is 0.323. The molecule has 0 saturated carbocycles. The van der Waals surface area contributed by atoms with Gasteiger partial charge in [-0.3, -0.25) is 4.99 Å². The van der Waals surface area contributed by atoms with Gasteiger partial charge in [0.25, 0.3) is 0 Å². The molecule has 2 rings (SSSR count). The molecule has 14 heteroatoms. The Labute approximate surface area is 179 Å². The number of aromatic nitrogens is 1. The third-order valence-corrected chi connectivity index (χ3v) is 6.65.